The predicted octanol–water partition coefficient (Wildman–Crippen LogP) is 4.03. The van der Waals surface area contributed by atoms with Crippen molar-refractivity contribution in [2.75, 3.05) is 6.54 Å². The standard InChI is InChI=1S/C14H13ClF4N2O/c15-11-5-4-9(7-20-11)8-21-6-2-1-3-10(21)12(16)13(22)14(17,18)19/h4-5,7H,1-3,6,8H2/b12-10-. The second-order valence-electron chi connectivity index (χ2n) is 4.96. The van der Waals surface area contributed by atoms with Gasteiger partial charge in [-0.15, -0.1) is 0 Å². The molecule has 0 bridgehead atoms. The predicted molar refractivity (Wildman–Crippen MR) is 72.7 cm³/mol. The Morgan fingerprint density at radius 1 is 1.32 bits per heavy atom. The fraction of sp³-hybridized carbons (Fsp3) is 0.429. The third kappa shape index (κ3) is 3.97. The molecule has 1 saturated heterocycles. The molecule has 2 heterocycles. The van der Waals surface area contributed by atoms with E-state index < -0.39 is 17.8 Å². The Hall–Kier alpha value is -1.63. The molecular formula is C14H13ClF4N2O. The second-order valence-corrected chi connectivity index (χ2v) is 5.34. The molecule has 1 aliphatic rings. The van der Waals surface area contributed by atoms with Gasteiger partial charge in [0.1, 0.15) is 5.15 Å². The number of aromatic nitrogens is 1. The number of alkyl halides is 3. The first kappa shape index (κ1) is 16.7. The molecule has 0 unspecified atom stereocenters. The minimum atomic E-state index is -5.21. The highest BCUT2D eigenvalue weighted by Gasteiger charge is 2.43. The van der Waals surface area contributed by atoms with Gasteiger partial charge in [-0.3, -0.25) is 4.79 Å². The normalized spacial score (nSPS) is 18.3. The van der Waals surface area contributed by atoms with Crippen LogP contribution in [0.1, 0.15) is 24.8 Å². The molecule has 1 aliphatic heterocycles. The van der Waals surface area contributed by atoms with E-state index in [4.69, 9.17) is 11.6 Å². The maximum atomic E-state index is 13.9. The molecular weight excluding hydrogens is 324 g/mol. The van der Waals surface area contributed by atoms with Crippen LogP contribution in [-0.4, -0.2) is 28.4 Å². The Kier molecular flexibility index (Phi) is 5.05. The molecule has 1 aromatic rings. The van der Waals surface area contributed by atoms with Gasteiger partial charge in [-0.1, -0.05) is 17.7 Å². The molecule has 22 heavy (non-hydrogen) atoms. The summed E-state index contributed by atoms with van der Waals surface area (Å²) in [6.45, 7) is 0.564. The van der Waals surface area contributed by atoms with Crippen LogP contribution in [0.5, 0.6) is 0 Å². The molecule has 0 N–H and O–H groups in total. The van der Waals surface area contributed by atoms with Crippen molar-refractivity contribution in [3.63, 3.8) is 0 Å². The summed E-state index contributed by atoms with van der Waals surface area (Å²) in [5, 5.41) is 0.289. The van der Waals surface area contributed by atoms with E-state index in [-0.39, 0.29) is 23.8 Å². The highest BCUT2D eigenvalue weighted by Crippen LogP contribution is 2.30. The van der Waals surface area contributed by atoms with Gasteiger partial charge in [0.05, 0.1) is 5.70 Å². The zero-order valence-electron chi connectivity index (χ0n) is 11.5. The molecule has 0 saturated carbocycles. The van der Waals surface area contributed by atoms with Gasteiger partial charge in [-0.2, -0.15) is 13.2 Å². The molecule has 1 aromatic heterocycles. The van der Waals surface area contributed by atoms with E-state index in [1.54, 1.807) is 12.1 Å². The summed E-state index contributed by atoms with van der Waals surface area (Å²) in [4.78, 5) is 16.4. The molecule has 120 valence electrons. The summed E-state index contributed by atoms with van der Waals surface area (Å²) in [5.74, 6) is -4.14. The van der Waals surface area contributed by atoms with Crippen LogP contribution in [0, 0.1) is 0 Å². The Balaban J connectivity index is 2.24. The number of allylic oxidation sites excluding steroid dienone is 2. The highest BCUT2D eigenvalue weighted by atomic mass is 35.5. The number of Topliss-reactive ketones (excluding diaryl/α,β-unsaturated/α-hetero) is 1. The van der Waals surface area contributed by atoms with Gasteiger partial charge in [0.15, 0.2) is 5.83 Å². The summed E-state index contributed by atoms with van der Waals surface area (Å²) in [6, 6.07) is 3.20. The number of carbonyl (C=O) groups is 1. The van der Waals surface area contributed by atoms with Gasteiger partial charge >= 0.3 is 6.18 Å². The molecule has 0 atom stereocenters. The van der Waals surface area contributed by atoms with E-state index in [1.807, 2.05) is 0 Å². The zero-order chi connectivity index (χ0) is 16.3. The lowest BCUT2D eigenvalue weighted by Crippen LogP contribution is -2.32. The van der Waals surface area contributed by atoms with Crippen molar-refractivity contribution in [1.29, 1.82) is 0 Å². The number of ketones is 1. The topological polar surface area (TPSA) is 33.2 Å². The minimum absolute atomic E-state index is 0.106. The lowest BCUT2D eigenvalue weighted by Gasteiger charge is -2.32. The quantitative estimate of drug-likeness (QED) is 0.474. The summed E-state index contributed by atoms with van der Waals surface area (Å²) < 4.78 is 51.1. The fourth-order valence-corrected chi connectivity index (χ4v) is 2.40. The molecule has 0 aliphatic carbocycles. The molecule has 0 aromatic carbocycles. The first-order valence-corrected chi connectivity index (χ1v) is 7.02. The Morgan fingerprint density at radius 2 is 2.05 bits per heavy atom. The third-order valence-electron chi connectivity index (χ3n) is 3.35. The van der Waals surface area contributed by atoms with Crippen molar-refractivity contribution in [2.45, 2.75) is 32.0 Å². The highest BCUT2D eigenvalue weighted by molar-refractivity contribution is 6.29. The lowest BCUT2D eigenvalue weighted by molar-refractivity contribution is -0.168. The van der Waals surface area contributed by atoms with Crippen LogP contribution < -0.4 is 0 Å². The summed E-state index contributed by atoms with van der Waals surface area (Å²) in [5.41, 5.74) is 0.486. The van der Waals surface area contributed by atoms with Crippen molar-refractivity contribution in [1.82, 2.24) is 9.88 Å². The van der Waals surface area contributed by atoms with Crippen LogP contribution in [0.15, 0.2) is 29.9 Å². The van der Waals surface area contributed by atoms with E-state index >= 15 is 0 Å². The number of halogens is 5. The van der Waals surface area contributed by atoms with Crippen LogP contribution in [0.3, 0.4) is 0 Å². The maximum Gasteiger partial charge on any atom is 0.457 e. The molecule has 0 spiro atoms. The van der Waals surface area contributed by atoms with Crippen LogP contribution in [0.4, 0.5) is 17.6 Å². The first-order chi connectivity index (χ1) is 10.3. The van der Waals surface area contributed by atoms with E-state index in [0.29, 0.717) is 18.5 Å². The summed E-state index contributed by atoms with van der Waals surface area (Å²) in [7, 11) is 0. The van der Waals surface area contributed by atoms with Crippen LogP contribution in [-0.2, 0) is 11.3 Å². The Morgan fingerprint density at radius 3 is 2.64 bits per heavy atom. The number of piperidine rings is 1. The van der Waals surface area contributed by atoms with E-state index in [1.165, 1.54) is 11.1 Å². The van der Waals surface area contributed by atoms with E-state index in [9.17, 15) is 22.4 Å². The van der Waals surface area contributed by atoms with Gasteiger partial charge in [-0.05, 0) is 30.9 Å². The average molecular weight is 337 g/mol. The SMILES string of the molecule is O=C(/C(F)=C1\CCCCN1Cc1ccc(Cl)nc1)C(F)(F)F. The van der Waals surface area contributed by atoms with Gasteiger partial charge in [0, 0.05) is 19.3 Å². The zero-order valence-corrected chi connectivity index (χ0v) is 12.2. The molecule has 0 amide bonds. The number of carbonyl (C=O) groups excluding carboxylic acids is 1. The number of likely N-dealkylation sites (tertiary alicyclic amines) is 1. The second kappa shape index (κ2) is 6.64. The van der Waals surface area contributed by atoms with Crippen molar-refractivity contribution in [3.8, 4) is 0 Å². The number of pyridine rings is 1. The van der Waals surface area contributed by atoms with Gasteiger partial charge < -0.3 is 4.90 Å². The Labute approximate surface area is 129 Å². The number of rotatable bonds is 3. The third-order valence-corrected chi connectivity index (χ3v) is 3.57. The fourth-order valence-electron chi connectivity index (χ4n) is 2.29. The maximum absolute atomic E-state index is 13.9. The lowest BCUT2D eigenvalue weighted by atomic mass is 10.0. The molecule has 3 nitrogen and oxygen atoms in total. The Bertz CT molecular complexity index is 584. The number of hydrogen-bond acceptors (Lipinski definition) is 3. The van der Waals surface area contributed by atoms with Crippen molar-refractivity contribution in [2.24, 2.45) is 0 Å². The molecule has 2 rings (SSSR count). The van der Waals surface area contributed by atoms with Gasteiger partial charge in [0.2, 0.25) is 0 Å². The monoisotopic (exact) mass is 336 g/mol. The van der Waals surface area contributed by atoms with Crippen molar-refractivity contribution in [3.05, 3.63) is 40.6 Å². The first-order valence-electron chi connectivity index (χ1n) is 6.64. The average Bonchev–Trinajstić information content (AvgIpc) is 2.48. The molecule has 8 heteroatoms. The largest absolute Gasteiger partial charge is 0.457 e. The van der Waals surface area contributed by atoms with E-state index in [2.05, 4.69) is 4.98 Å². The van der Waals surface area contributed by atoms with Gasteiger partial charge in [-0.25, -0.2) is 9.37 Å². The van der Waals surface area contributed by atoms with Crippen LogP contribution in [0.25, 0.3) is 0 Å². The number of hydrogen-bond donors (Lipinski definition) is 0. The van der Waals surface area contributed by atoms with Crippen molar-refractivity contribution >= 4 is 17.4 Å². The molecule has 1 fully saturated rings. The van der Waals surface area contributed by atoms with Crippen molar-refractivity contribution < 1.29 is 22.4 Å². The van der Waals surface area contributed by atoms with E-state index in [0.717, 1.165) is 6.42 Å². The van der Waals surface area contributed by atoms with Crippen LogP contribution in [0.2, 0.25) is 5.15 Å². The summed E-state index contributed by atoms with van der Waals surface area (Å²) >= 11 is 5.66. The summed E-state index contributed by atoms with van der Waals surface area (Å²) in [6.07, 6.45) is -2.37. The number of nitrogens with zero attached hydrogens (tertiary/aromatic N) is 2. The molecule has 0 radical (unpaired) electrons. The smallest absolute Gasteiger partial charge is 0.368 e. The van der Waals surface area contributed by atoms with Gasteiger partial charge in [0.25, 0.3) is 5.78 Å². The van der Waals surface area contributed by atoms with Crippen LogP contribution >= 0.6 is 11.6 Å². The minimum Gasteiger partial charge on any atom is -0.368 e.